The van der Waals surface area contributed by atoms with Crippen LogP contribution in [0.2, 0.25) is 5.02 Å². The van der Waals surface area contributed by atoms with Crippen LogP contribution in [0.3, 0.4) is 0 Å². The molecule has 0 aliphatic rings. The molecule has 0 aliphatic heterocycles. The molecule has 0 saturated carbocycles. The number of esters is 1. The van der Waals surface area contributed by atoms with Gasteiger partial charge < -0.3 is 4.74 Å². The van der Waals surface area contributed by atoms with Crippen LogP contribution >= 0.6 is 11.6 Å². The number of hydrogen-bond acceptors (Lipinski definition) is 6. The molecule has 162 valence electrons. The third kappa shape index (κ3) is 4.31. The second-order valence-corrected chi connectivity index (χ2v) is 8.69. The lowest BCUT2D eigenvalue weighted by Crippen LogP contribution is -2.15. The van der Waals surface area contributed by atoms with E-state index in [1.807, 2.05) is 12.1 Å². The zero-order valence-corrected chi connectivity index (χ0v) is 18.3. The highest BCUT2D eigenvalue weighted by molar-refractivity contribution is 6.31. The highest BCUT2D eigenvalue weighted by Gasteiger charge is 2.21. The first kappa shape index (κ1) is 21.5. The van der Waals surface area contributed by atoms with E-state index < -0.39 is 10.9 Å². The van der Waals surface area contributed by atoms with Crippen LogP contribution in [0.15, 0.2) is 60.7 Å². The van der Waals surface area contributed by atoms with E-state index in [2.05, 4.69) is 31.0 Å². The summed E-state index contributed by atoms with van der Waals surface area (Å²) in [6.07, 6.45) is 0. The number of carbonyl (C=O) groups excluding carboxylic acids is 1. The Morgan fingerprint density at radius 3 is 2.50 bits per heavy atom. The summed E-state index contributed by atoms with van der Waals surface area (Å²) in [5.41, 5.74) is 2.37. The third-order valence-electron chi connectivity index (χ3n) is 4.88. The first-order chi connectivity index (χ1) is 15.1. The van der Waals surface area contributed by atoms with Crippen molar-refractivity contribution in [3.8, 4) is 11.4 Å². The van der Waals surface area contributed by atoms with Crippen molar-refractivity contribution in [1.82, 2.24) is 15.0 Å². The first-order valence-corrected chi connectivity index (χ1v) is 10.1. The van der Waals surface area contributed by atoms with Crippen LogP contribution < -0.4 is 4.74 Å². The lowest BCUT2D eigenvalue weighted by Gasteiger charge is -2.20. The Bertz CT molecular complexity index is 1360. The number of aromatic nitrogens is 3. The molecule has 0 unspecified atom stereocenters. The summed E-state index contributed by atoms with van der Waals surface area (Å²) in [5.74, 6) is -0.501. The second kappa shape index (κ2) is 8.05. The zero-order chi connectivity index (χ0) is 23.0. The van der Waals surface area contributed by atoms with Crippen molar-refractivity contribution in [2.24, 2.45) is 0 Å². The fourth-order valence-corrected chi connectivity index (χ4v) is 3.29. The standard InChI is InChI=1S/C23H19ClN4O4/c1-23(2,3)15-7-10-21(32-22(29)14-5-4-6-17(11-14)28(30)31)20(12-15)27-25-18-9-8-16(24)13-19(18)26-27/h4-13H,1-3H3. The van der Waals surface area contributed by atoms with E-state index in [0.717, 1.165) is 5.56 Å². The number of rotatable bonds is 4. The summed E-state index contributed by atoms with van der Waals surface area (Å²) in [6.45, 7) is 6.19. The zero-order valence-electron chi connectivity index (χ0n) is 17.6. The number of carbonyl (C=O) groups is 1. The predicted octanol–water partition coefficient (Wildman–Crippen LogP) is 5.50. The van der Waals surface area contributed by atoms with E-state index >= 15 is 0 Å². The molecule has 0 spiro atoms. The third-order valence-corrected chi connectivity index (χ3v) is 5.11. The van der Waals surface area contributed by atoms with Crippen LogP contribution in [0, 0.1) is 10.1 Å². The maximum absolute atomic E-state index is 12.8. The van der Waals surface area contributed by atoms with Crippen LogP contribution in [-0.2, 0) is 5.41 Å². The van der Waals surface area contributed by atoms with Crippen molar-refractivity contribution >= 4 is 34.3 Å². The topological polar surface area (TPSA) is 100 Å². The fraction of sp³-hybridized carbons (Fsp3) is 0.174. The van der Waals surface area contributed by atoms with E-state index in [0.29, 0.717) is 21.7 Å². The summed E-state index contributed by atoms with van der Waals surface area (Å²) < 4.78 is 5.62. The van der Waals surface area contributed by atoms with Crippen molar-refractivity contribution in [1.29, 1.82) is 0 Å². The van der Waals surface area contributed by atoms with Gasteiger partial charge in [-0.1, -0.05) is 44.5 Å². The van der Waals surface area contributed by atoms with E-state index in [4.69, 9.17) is 16.3 Å². The minimum atomic E-state index is -0.724. The minimum absolute atomic E-state index is 0.0652. The fourth-order valence-electron chi connectivity index (χ4n) is 3.13. The molecule has 32 heavy (non-hydrogen) atoms. The number of nitrogens with zero attached hydrogens (tertiary/aromatic N) is 4. The molecule has 4 aromatic rings. The van der Waals surface area contributed by atoms with Gasteiger partial charge in [-0.3, -0.25) is 10.1 Å². The molecule has 0 atom stereocenters. The number of hydrogen-bond donors (Lipinski definition) is 0. The van der Waals surface area contributed by atoms with Gasteiger partial charge in [0.05, 0.1) is 10.5 Å². The normalized spacial score (nSPS) is 11.5. The molecule has 9 heteroatoms. The van der Waals surface area contributed by atoms with Gasteiger partial charge in [0.15, 0.2) is 5.75 Å². The average Bonchev–Trinajstić information content (AvgIpc) is 3.16. The SMILES string of the molecule is CC(C)(C)c1ccc(OC(=O)c2cccc([N+](=O)[O-])c2)c(-n2nc3ccc(Cl)cc3n2)c1. The predicted molar refractivity (Wildman–Crippen MR) is 121 cm³/mol. The minimum Gasteiger partial charge on any atom is -0.421 e. The smallest absolute Gasteiger partial charge is 0.343 e. The molecule has 0 amide bonds. The highest BCUT2D eigenvalue weighted by atomic mass is 35.5. The molecule has 0 bridgehead atoms. The molecule has 4 rings (SSSR count). The molecule has 0 N–H and O–H groups in total. The van der Waals surface area contributed by atoms with Crippen molar-refractivity contribution < 1.29 is 14.5 Å². The number of fused-ring (bicyclic) bond motifs is 1. The van der Waals surface area contributed by atoms with Crippen molar-refractivity contribution in [2.75, 3.05) is 0 Å². The van der Waals surface area contributed by atoms with Crippen molar-refractivity contribution in [2.45, 2.75) is 26.2 Å². The van der Waals surface area contributed by atoms with Gasteiger partial charge in [0.1, 0.15) is 16.7 Å². The van der Waals surface area contributed by atoms with E-state index in [1.54, 1.807) is 24.3 Å². The largest absolute Gasteiger partial charge is 0.421 e. The number of halogens is 1. The molecule has 3 aromatic carbocycles. The summed E-state index contributed by atoms with van der Waals surface area (Å²) in [7, 11) is 0. The number of ether oxygens (including phenoxy) is 1. The number of benzene rings is 3. The molecule has 0 saturated heterocycles. The van der Waals surface area contributed by atoms with Crippen LogP contribution in [0.1, 0.15) is 36.7 Å². The number of nitro benzene ring substituents is 1. The molecule has 0 fully saturated rings. The Kier molecular flexibility index (Phi) is 5.40. The maximum atomic E-state index is 12.8. The molecular formula is C23H19ClN4O4. The van der Waals surface area contributed by atoms with Gasteiger partial charge in [0, 0.05) is 17.2 Å². The van der Waals surface area contributed by atoms with Crippen LogP contribution in [0.4, 0.5) is 5.69 Å². The van der Waals surface area contributed by atoms with Crippen molar-refractivity contribution in [3.05, 3.63) is 86.9 Å². The van der Waals surface area contributed by atoms with Crippen LogP contribution in [0.5, 0.6) is 5.75 Å². The summed E-state index contributed by atoms with van der Waals surface area (Å²) >= 11 is 6.07. The Morgan fingerprint density at radius 2 is 1.78 bits per heavy atom. The van der Waals surface area contributed by atoms with Gasteiger partial charge in [-0.05, 0) is 47.4 Å². The molecule has 0 radical (unpaired) electrons. The quantitative estimate of drug-likeness (QED) is 0.176. The van der Waals surface area contributed by atoms with Crippen molar-refractivity contribution in [3.63, 3.8) is 0 Å². The van der Waals surface area contributed by atoms with E-state index in [1.165, 1.54) is 29.1 Å². The molecule has 8 nitrogen and oxygen atoms in total. The van der Waals surface area contributed by atoms with E-state index in [9.17, 15) is 14.9 Å². The Morgan fingerprint density at radius 1 is 1.03 bits per heavy atom. The molecule has 1 aromatic heterocycles. The van der Waals surface area contributed by atoms with Gasteiger partial charge in [-0.15, -0.1) is 15.0 Å². The van der Waals surface area contributed by atoms with Gasteiger partial charge in [0.2, 0.25) is 0 Å². The van der Waals surface area contributed by atoms with Gasteiger partial charge in [-0.2, -0.15) is 0 Å². The summed E-state index contributed by atoms with van der Waals surface area (Å²) in [4.78, 5) is 24.6. The Balaban J connectivity index is 1.78. The Hall–Kier alpha value is -3.78. The molecular weight excluding hydrogens is 432 g/mol. The lowest BCUT2D eigenvalue weighted by atomic mass is 9.87. The number of non-ortho nitro benzene ring substituents is 1. The van der Waals surface area contributed by atoms with Gasteiger partial charge >= 0.3 is 5.97 Å². The van der Waals surface area contributed by atoms with Gasteiger partial charge in [-0.25, -0.2) is 4.79 Å². The maximum Gasteiger partial charge on any atom is 0.343 e. The molecule has 1 heterocycles. The highest BCUT2D eigenvalue weighted by Crippen LogP contribution is 2.31. The molecule has 0 aliphatic carbocycles. The monoisotopic (exact) mass is 450 g/mol. The lowest BCUT2D eigenvalue weighted by molar-refractivity contribution is -0.384. The second-order valence-electron chi connectivity index (χ2n) is 8.25. The summed E-state index contributed by atoms with van der Waals surface area (Å²) in [6, 6.07) is 15.9. The Labute approximate surface area is 188 Å². The average molecular weight is 451 g/mol. The summed E-state index contributed by atoms with van der Waals surface area (Å²) in [5, 5.41) is 20.5. The van der Waals surface area contributed by atoms with Gasteiger partial charge in [0.25, 0.3) is 5.69 Å². The first-order valence-electron chi connectivity index (χ1n) is 9.76. The number of nitro groups is 1. The van der Waals surface area contributed by atoms with Crippen LogP contribution in [0.25, 0.3) is 16.7 Å². The van der Waals surface area contributed by atoms with Crippen LogP contribution in [-0.4, -0.2) is 25.9 Å². The van der Waals surface area contributed by atoms with E-state index in [-0.39, 0.29) is 22.4 Å².